The maximum atomic E-state index is 12.0. The zero-order valence-corrected chi connectivity index (χ0v) is 19.0. The van der Waals surface area contributed by atoms with E-state index in [1.165, 1.54) is 38.5 Å². The van der Waals surface area contributed by atoms with Crippen molar-refractivity contribution in [2.24, 2.45) is 10.9 Å². The molecule has 0 saturated heterocycles. The number of dihydropyridines is 1. The Morgan fingerprint density at radius 1 is 1.16 bits per heavy atom. The minimum absolute atomic E-state index is 0.228. The van der Waals surface area contributed by atoms with Gasteiger partial charge in [-0.15, -0.1) is 0 Å². The van der Waals surface area contributed by atoms with Crippen molar-refractivity contribution in [1.29, 1.82) is 0 Å². The minimum Gasteiger partial charge on any atom is -0.480 e. The van der Waals surface area contributed by atoms with Crippen LogP contribution in [-0.2, 0) is 29.6 Å². The summed E-state index contributed by atoms with van der Waals surface area (Å²) in [5.41, 5.74) is 0.765. The summed E-state index contributed by atoms with van der Waals surface area (Å²) in [7, 11) is 0. The molecule has 1 aromatic heterocycles. The number of carboxylic acids is 1. The van der Waals surface area contributed by atoms with Gasteiger partial charge in [0.2, 0.25) is 0 Å². The van der Waals surface area contributed by atoms with Crippen molar-refractivity contribution in [3.8, 4) is 0 Å². The zero-order chi connectivity index (χ0) is 22.4. The molecule has 0 amide bonds. The third kappa shape index (κ3) is 5.00. The fourth-order valence-corrected chi connectivity index (χ4v) is 4.92. The summed E-state index contributed by atoms with van der Waals surface area (Å²) in [4.78, 5) is 21.0. The van der Waals surface area contributed by atoms with Crippen LogP contribution in [0.5, 0.6) is 0 Å². The summed E-state index contributed by atoms with van der Waals surface area (Å²) in [6, 6.07) is 7.83. The van der Waals surface area contributed by atoms with Crippen molar-refractivity contribution in [3.05, 3.63) is 59.2 Å². The summed E-state index contributed by atoms with van der Waals surface area (Å²) in [5, 5.41) is 14.7. The molecule has 1 aliphatic heterocycles. The van der Waals surface area contributed by atoms with Crippen molar-refractivity contribution >= 4 is 12.2 Å². The summed E-state index contributed by atoms with van der Waals surface area (Å²) in [5.74, 6) is 1.97. The van der Waals surface area contributed by atoms with Crippen LogP contribution in [0.1, 0.15) is 74.6 Å². The molecule has 1 saturated carbocycles. The van der Waals surface area contributed by atoms with Gasteiger partial charge in [0.25, 0.3) is 0 Å². The van der Waals surface area contributed by atoms with Crippen LogP contribution in [-0.4, -0.2) is 38.6 Å². The Bertz CT molecular complexity index is 970. The molecule has 1 aliphatic carbocycles. The van der Waals surface area contributed by atoms with Crippen LogP contribution < -0.4 is 0 Å². The molecule has 2 heterocycles. The fraction of sp³-hybridized carbons (Fsp3) is 0.538. The normalized spacial score (nSPS) is 21.2. The molecule has 1 N–H and O–H groups in total. The molecule has 2 aliphatic rings. The Labute approximate surface area is 190 Å². The number of aromatic nitrogens is 3. The fourth-order valence-electron chi connectivity index (χ4n) is 4.92. The third-order valence-corrected chi connectivity index (χ3v) is 6.86. The van der Waals surface area contributed by atoms with E-state index < -0.39 is 11.4 Å². The van der Waals surface area contributed by atoms with E-state index in [1.54, 1.807) is 18.4 Å². The van der Waals surface area contributed by atoms with E-state index >= 15 is 0 Å². The van der Waals surface area contributed by atoms with Crippen LogP contribution in [0.2, 0.25) is 0 Å². The monoisotopic (exact) mass is 434 g/mol. The molecule has 1 unspecified atom stereocenters. The number of aliphatic imine (C=N–C) groups is 1. The second-order valence-corrected chi connectivity index (χ2v) is 9.22. The summed E-state index contributed by atoms with van der Waals surface area (Å²) in [6.07, 6.45) is 16.0. The van der Waals surface area contributed by atoms with Gasteiger partial charge in [0.1, 0.15) is 11.2 Å². The number of aliphatic carboxylic acids is 1. The summed E-state index contributed by atoms with van der Waals surface area (Å²) in [6.45, 7) is 3.05. The molecule has 0 bridgehead atoms. The van der Waals surface area contributed by atoms with E-state index in [2.05, 4.69) is 11.9 Å². The quantitative estimate of drug-likeness (QED) is 0.617. The first-order valence-corrected chi connectivity index (χ1v) is 12.0. The van der Waals surface area contributed by atoms with Crippen molar-refractivity contribution in [2.45, 2.75) is 76.7 Å². The lowest BCUT2D eigenvalue weighted by Gasteiger charge is -2.26. The van der Waals surface area contributed by atoms with Gasteiger partial charge in [-0.2, -0.15) is 5.10 Å². The van der Waals surface area contributed by atoms with Gasteiger partial charge in [-0.05, 0) is 36.0 Å². The van der Waals surface area contributed by atoms with Gasteiger partial charge in [0.15, 0.2) is 5.82 Å². The first kappa shape index (κ1) is 22.4. The van der Waals surface area contributed by atoms with Crippen LogP contribution in [0.3, 0.4) is 0 Å². The highest BCUT2D eigenvalue weighted by Crippen LogP contribution is 2.29. The Morgan fingerprint density at radius 2 is 1.94 bits per heavy atom. The standard InChI is InChI=1S/C26H34N4O2/c1-2-7-24-28-23(15-12-20-8-4-3-5-9-20)29-30(24)18-21-10-13-22(14-11-21)26(25(31)32)16-6-17-27-19-26/h6,10-11,13-14,16-17,20H,2-5,7-9,12,15,18-19H2,1H3,(H,31,32). The van der Waals surface area contributed by atoms with E-state index in [4.69, 9.17) is 10.1 Å². The molecule has 2 aromatic rings. The lowest BCUT2D eigenvalue weighted by molar-refractivity contribution is -0.141. The maximum absolute atomic E-state index is 12.0. The SMILES string of the molecule is CCCc1nc(CCC2CCCCC2)nn1Cc1ccc(C2(C(=O)O)C=CC=NC2)cc1. The number of hydrogen-bond acceptors (Lipinski definition) is 4. The molecule has 1 aromatic carbocycles. The molecule has 4 rings (SSSR count). The second kappa shape index (κ2) is 10.2. The van der Waals surface area contributed by atoms with E-state index in [9.17, 15) is 9.90 Å². The Hall–Kier alpha value is -2.76. The average molecular weight is 435 g/mol. The molecule has 170 valence electrons. The van der Waals surface area contributed by atoms with Gasteiger partial charge >= 0.3 is 5.97 Å². The number of carbonyl (C=O) groups is 1. The van der Waals surface area contributed by atoms with Crippen LogP contribution in [0.25, 0.3) is 0 Å². The van der Waals surface area contributed by atoms with Gasteiger partial charge in [-0.3, -0.25) is 9.79 Å². The molecular weight excluding hydrogens is 400 g/mol. The zero-order valence-electron chi connectivity index (χ0n) is 19.0. The lowest BCUT2D eigenvalue weighted by atomic mass is 9.79. The Balaban J connectivity index is 1.46. The third-order valence-electron chi connectivity index (χ3n) is 6.86. The molecule has 0 radical (unpaired) electrons. The highest BCUT2D eigenvalue weighted by molar-refractivity contribution is 5.88. The van der Waals surface area contributed by atoms with Crippen molar-refractivity contribution < 1.29 is 9.90 Å². The Kier molecular flexibility index (Phi) is 7.18. The van der Waals surface area contributed by atoms with E-state index in [0.29, 0.717) is 6.54 Å². The van der Waals surface area contributed by atoms with Crippen LogP contribution in [0.15, 0.2) is 41.4 Å². The highest BCUT2D eigenvalue weighted by Gasteiger charge is 2.38. The number of hydrogen-bond donors (Lipinski definition) is 1. The molecule has 32 heavy (non-hydrogen) atoms. The number of aryl methyl sites for hydroxylation is 2. The van der Waals surface area contributed by atoms with Crippen molar-refractivity contribution in [2.75, 3.05) is 6.54 Å². The molecule has 6 heteroatoms. The van der Waals surface area contributed by atoms with E-state index in [0.717, 1.165) is 48.0 Å². The van der Waals surface area contributed by atoms with Crippen LogP contribution >= 0.6 is 0 Å². The predicted octanol–water partition coefficient (Wildman–Crippen LogP) is 4.75. The molecule has 0 spiro atoms. The number of benzene rings is 1. The van der Waals surface area contributed by atoms with E-state index in [-0.39, 0.29) is 6.54 Å². The van der Waals surface area contributed by atoms with Gasteiger partial charge in [0, 0.05) is 19.1 Å². The number of rotatable bonds is 9. The van der Waals surface area contributed by atoms with Gasteiger partial charge in [-0.25, -0.2) is 9.67 Å². The number of carboxylic acid groups (broad SMARTS) is 1. The number of nitrogens with zero attached hydrogens (tertiary/aromatic N) is 4. The van der Waals surface area contributed by atoms with Gasteiger partial charge < -0.3 is 5.11 Å². The first-order chi connectivity index (χ1) is 15.6. The van der Waals surface area contributed by atoms with Crippen molar-refractivity contribution in [3.63, 3.8) is 0 Å². The first-order valence-electron chi connectivity index (χ1n) is 12.0. The number of allylic oxidation sites excluding steroid dienone is 1. The highest BCUT2D eigenvalue weighted by atomic mass is 16.4. The predicted molar refractivity (Wildman–Crippen MR) is 126 cm³/mol. The van der Waals surface area contributed by atoms with Gasteiger partial charge in [-0.1, -0.05) is 69.4 Å². The topological polar surface area (TPSA) is 80.4 Å². The smallest absolute Gasteiger partial charge is 0.319 e. The van der Waals surface area contributed by atoms with E-state index in [1.807, 2.05) is 28.9 Å². The van der Waals surface area contributed by atoms with Gasteiger partial charge in [0.05, 0.1) is 13.1 Å². The molecule has 1 fully saturated rings. The maximum Gasteiger partial charge on any atom is 0.319 e. The lowest BCUT2D eigenvalue weighted by Crippen LogP contribution is -2.38. The van der Waals surface area contributed by atoms with Crippen molar-refractivity contribution in [1.82, 2.24) is 14.8 Å². The summed E-state index contributed by atoms with van der Waals surface area (Å²) >= 11 is 0. The molecule has 1 atom stereocenters. The average Bonchev–Trinajstić information content (AvgIpc) is 3.20. The molecule has 6 nitrogen and oxygen atoms in total. The largest absolute Gasteiger partial charge is 0.480 e. The summed E-state index contributed by atoms with van der Waals surface area (Å²) < 4.78 is 2.03. The second-order valence-electron chi connectivity index (χ2n) is 9.22. The van der Waals surface area contributed by atoms with Crippen LogP contribution in [0.4, 0.5) is 0 Å². The Morgan fingerprint density at radius 3 is 2.59 bits per heavy atom. The van der Waals surface area contributed by atoms with Crippen LogP contribution in [0, 0.1) is 5.92 Å². The minimum atomic E-state index is -1.08. The molecular formula is C26H34N4O2.